The van der Waals surface area contributed by atoms with Crippen LogP contribution in [0.3, 0.4) is 0 Å². The lowest BCUT2D eigenvalue weighted by Crippen LogP contribution is -2.19. The SMILES string of the molecule is CCC(O)CCNCc1cn[nH]c1-c1ccc(C)cc1. The average Bonchev–Trinajstić information content (AvgIpc) is 2.92. The highest BCUT2D eigenvalue weighted by atomic mass is 16.3. The Balaban J connectivity index is 1.93. The van der Waals surface area contributed by atoms with Crippen molar-refractivity contribution in [2.45, 2.75) is 39.3 Å². The Morgan fingerprint density at radius 1 is 1.30 bits per heavy atom. The van der Waals surface area contributed by atoms with Gasteiger partial charge in [-0.3, -0.25) is 5.10 Å². The highest BCUT2D eigenvalue weighted by Crippen LogP contribution is 2.21. The Labute approximate surface area is 120 Å². The second kappa shape index (κ2) is 7.22. The van der Waals surface area contributed by atoms with Gasteiger partial charge >= 0.3 is 0 Å². The van der Waals surface area contributed by atoms with E-state index < -0.39 is 0 Å². The summed E-state index contributed by atoms with van der Waals surface area (Å²) in [5.74, 6) is 0. The Morgan fingerprint density at radius 3 is 2.75 bits per heavy atom. The van der Waals surface area contributed by atoms with Crippen LogP contribution in [0.4, 0.5) is 0 Å². The summed E-state index contributed by atoms with van der Waals surface area (Å²) >= 11 is 0. The summed E-state index contributed by atoms with van der Waals surface area (Å²) in [7, 11) is 0. The van der Waals surface area contributed by atoms with E-state index in [0.29, 0.717) is 0 Å². The van der Waals surface area contributed by atoms with Crippen molar-refractivity contribution in [2.75, 3.05) is 6.54 Å². The minimum atomic E-state index is -0.205. The lowest BCUT2D eigenvalue weighted by Gasteiger charge is -2.09. The second-order valence-corrected chi connectivity index (χ2v) is 5.16. The van der Waals surface area contributed by atoms with Gasteiger partial charge in [-0.1, -0.05) is 36.8 Å². The van der Waals surface area contributed by atoms with Crippen LogP contribution < -0.4 is 5.32 Å². The van der Waals surface area contributed by atoms with Crippen molar-refractivity contribution in [1.29, 1.82) is 0 Å². The molecule has 4 heteroatoms. The molecule has 1 aromatic heterocycles. The quantitative estimate of drug-likeness (QED) is 0.680. The maximum atomic E-state index is 9.52. The molecule has 0 spiro atoms. The van der Waals surface area contributed by atoms with Gasteiger partial charge in [-0.25, -0.2) is 0 Å². The van der Waals surface area contributed by atoms with Crippen LogP contribution in [0.15, 0.2) is 30.5 Å². The van der Waals surface area contributed by atoms with Crippen LogP contribution >= 0.6 is 0 Å². The molecule has 0 bridgehead atoms. The zero-order chi connectivity index (χ0) is 14.4. The molecule has 0 aliphatic rings. The van der Waals surface area contributed by atoms with Crippen molar-refractivity contribution in [1.82, 2.24) is 15.5 Å². The van der Waals surface area contributed by atoms with Crippen LogP contribution in [-0.2, 0) is 6.54 Å². The van der Waals surface area contributed by atoms with Crippen LogP contribution in [0.2, 0.25) is 0 Å². The maximum absolute atomic E-state index is 9.52. The topological polar surface area (TPSA) is 60.9 Å². The number of aromatic nitrogens is 2. The van der Waals surface area contributed by atoms with Crippen LogP contribution in [0.25, 0.3) is 11.3 Å². The van der Waals surface area contributed by atoms with Gasteiger partial charge in [-0.2, -0.15) is 5.10 Å². The van der Waals surface area contributed by atoms with E-state index in [0.717, 1.165) is 42.8 Å². The van der Waals surface area contributed by atoms with E-state index in [9.17, 15) is 5.11 Å². The summed E-state index contributed by atoms with van der Waals surface area (Å²) in [6.07, 6.45) is 3.25. The Morgan fingerprint density at radius 2 is 2.05 bits per heavy atom. The van der Waals surface area contributed by atoms with E-state index in [1.165, 1.54) is 5.56 Å². The van der Waals surface area contributed by atoms with Crippen molar-refractivity contribution in [3.8, 4) is 11.3 Å². The first kappa shape index (κ1) is 14.8. The van der Waals surface area contributed by atoms with E-state index in [4.69, 9.17) is 0 Å². The molecule has 3 N–H and O–H groups in total. The maximum Gasteiger partial charge on any atom is 0.0695 e. The number of hydrogen-bond acceptors (Lipinski definition) is 3. The smallest absolute Gasteiger partial charge is 0.0695 e. The first-order valence-corrected chi connectivity index (χ1v) is 7.18. The molecule has 0 radical (unpaired) electrons. The Bertz CT molecular complexity index is 519. The predicted octanol–water partition coefficient (Wildman–Crippen LogP) is 2.64. The third-order valence-corrected chi connectivity index (χ3v) is 3.50. The minimum Gasteiger partial charge on any atom is -0.393 e. The van der Waals surface area contributed by atoms with Crippen molar-refractivity contribution < 1.29 is 5.11 Å². The lowest BCUT2D eigenvalue weighted by molar-refractivity contribution is 0.159. The number of rotatable bonds is 7. The number of H-pyrrole nitrogens is 1. The number of nitrogens with zero attached hydrogens (tertiary/aromatic N) is 1. The summed E-state index contributed by atoms with van der Waals surface area (Å²) < 4.78 is 0. The number of hydrogen-bond donors (Lipinski definition) is 3. The van der Waals surface area contributed by atoms with Gasteiger partial charge in [0.05, 0.1) is 18.0 Å². The van der Waals surface area contributed by atoms with Crippen molar-refractivity contribution in [3.05, 3.63) is 41.6 Å². The fourth-order valence-electron chi connectivity index (χ4n) is 2.11. The summed E-state index contributed by atoms with van der Waals surface area (Å²) in [4.78, 5) is 0. The van der Waals surface area contributed by atoms with E-state index in [1.54, 1.807) is 0 Å². The summed E-state index contributed by atoms with van der Waals surface area (Å²) in [6.45, 7) is 5.65. The fraction of sp³-hybridized carbons (Fsp3) is 0.438. The molecule has 1 aromatic carbocycles. The molecule has 0 aliphatic carbocycles. The normalized spacial score (nSPS) is 12.6. The van der Waals surface area contributed by atoms with E-state index >= 15 is 0 Å². The number of aromatic amines is 1. The molecule has 0 saturated heterocycles. The van der Waals surface area contributed by atoms with Crippen LogP contribution in [0.1, 0.15) is 30.9 Å². The zero-order valence-corrected chi connectivity index (χ0v) is 12.2. The first-order chi connectivity index (χ1) is 9.70. The second-order valence-electron chi connectivity index (χ2n) is 5.16. The molecule has 1 unspecified atom stereocenters. The van der Waals surface area contributed by atoms with E-state index in [1.807, 2.05) is 13.1 Å². The molecule has 2 rings (SSSR count). The van der Waals surface area contributed by atoms with Gasteiger partial charge < -0.3 is 10.4 Å². The predicted molar refractivity (Wildman–Crippen MR) is 81.4 cm³/mol. The molecule has 108 valence electrons. The number of nitrogens with one attached hydrogen (secondary N) is 2. The van der Waals surface area contributed by atoms with Crippen LogP contribution in [-0.4, -0.2) is 28.0 Å². The zero-order valence-electron chi connectivity index (χ0n) is 12.2. The molecule has 0 saturated carbocycles. The monoisotopic (exact) mass is 273 g/mol. The molecule has 20 heavy (non-hydrogen) atoms. The highest BCUT2D eigenvalue weighted by molar-refractivity contribution is 5.62. The molecule has 0 aliphatic heterocycles. The van der Waals surface area contributed by atoms with Gasteiger partial charge in [0, 0.05) is 12.1 Å². The molecule has 2 aromatic rings. The van der Waals surface area contributed by atoms with E-state index in [2.05, 4.69) is 46.7 Å². The molecule has 0 amide bonds. The summed E-state index contributed by atoms with van der Waals surface area (Å²) in [5, 5.41) is 20.1. The van der Waals surface area contributed by atoms with Gasteiger partial charge in [-0.15, -0.1) is 0 Å². The van der Waals surface area contributed by atoms with Gasteiger partial charge in [0.15, 0.2) is 0 Å². The number of aryl methyl sites for hydroxylation is 1. The average molecular weight is 273 g/mol. The van der Waals surface area contributed by atoms with Crippen molar-refractivity contribution >= 4 is 0 Å². The highest BCUT2D eigenvalue weighted by Gasteiger charge is 2.07. The van der Waals surface area contributed by atoms with Crippen LogP contribution in [0.5, 0.6) is 0 Å². The lowest BCUT2D eigenvalue weighted by atomic mass is 10.1. The van der Waals surface area contributed by atoms with Gasteiger partial charge in [-0.05, 0) is 31.9 Å². The standard InChI is InChI=1S/C16H23N3O/c1-3-15(20)8-9-17-10-14-11-18-19-16(14)13-6-4-12(2)5-7-13/h4-7,11,15,17,20H,3,8-10H2,1-2H3,(H,18,19). The Hall–Kier alpha value is -1.65. The van der Waals surface area contributed by atoms with Crippen LogP contribution in [0, 0.1) is 6.92 Å². The summed E-state index contributed by atoms with van der Waals surface area (Å²) in [6, 6.07) is 8.41. The third-order valence-electron chi connectivity index (χ3n) is 3.50. The summed E-state index contributed by atoms with van der Waals surface area (Å²) in [5.41, 5.74) is 4.62. The van der Waals surface area contributed by atoms with Gasteiger partial charge in [0.25, 0.3) is 0 Å². The van der Waals surface area contributed by atoms with Gasteiger partial charge in [0.1, 0.15) is 0 Å². The Kier molecular flexibility index (Phi) is 5.32. The number of aliphatic hydroxyl groups excluding tert-OH is 1. The van der Waals surface area contributed by atoms with Gasteiger partial charge in [0.2, 0.25) is 0 Å². The molecular formula is C16H23N3O. The molecule has 0 fully saturated rings. The molecule has 1 heterocycles. The molecular weight excluding hydrogens is 250 g/mol. The molecule has 1 atom stereocenters. The minimum absolute atomic E-state index is 0.205. The van der Waals surface area contributed by atoms with E-state index in [-0.39, 0.29) is 6.10 Å². The number of aliphatic hydroxyl groups is 1. The molecule has 4 nitrogen and oxygen atoms in total. The largest absolute Gasteiger partial charge is 0.393 e. The first-order valence-electron chi connectivity index (χ1n) is 7.18. The van der Waals surface area contributed by atoms with Crippen molar-refractivity contribution in [3.63, 3.8) is 0 Å². The van der Waals surface area contributed by atoms with Crippen molar-refractivity contribution in [2.24, 2.45) is 0 Å². The third kappa shape index (κ3) is 3.92. The number of benzene rings is 1. The fourth-order valence-corrected chi connectivity index (χ4v) is 2.11.